The monoisotopic (exact) mass is 457 g/mol. The van der Waals surface area contributed by atoms with Gasteiger partial charge in [-0.1, -0.05) is 66.4 Å². The Labute approximate surface area is 196 Å². The molecule has 0 radical (unpaired) electrons. The summed E-state index contributed by atoms with van der Waals surface area (Å²) in [5.74, 6) is 0.847. The van der Waals surface area contributed by atoms with Crippen LogP contribution in [0, 0.1) is 0 Å². The number of hydrogen-bond donors (Lipinski definition) is 3. The summed E-state index contributed by atoms with van der Waals surface area (Å²) in [5, 5.41) is 18.8. The predicted molar refractivity (Wildman–Crippen MR) is 131 cm³/mol. The highest BCUT2D eigenvalue weighted by atomic mass is 32.2. The summed E-state index contributed by atoms with van der Waals surface area (Å²) in [6.45, 7) is 1.86. The highest BCUT2D eigenvalue weighted by Gasteiger charge is 2.17. The van der Waals surface area contributed by atoms with Crippen molar-refractivity contribution in [3.63, 3.8) is 0 Å². The maximum Gasteiger partial charge on any atom is 0.248 e. The number of phenolic OH excluding ortho intramolecular Hbond substituents is 1. The molecule has 1 aromatic heterocycles. The molecule has 0 spiro atoms. The smallest absolute Gasteiger partial charge is 0.248 e. The molecular weight excluding hydrogens is 434 g/mol. The first-order valence-corrected chi connectivity index (χ1v) is 11.3. The molecule has 7 nitrogen and oxygen atoms in total. The summed E-state index contributed by atoms with van der Waals surface area (Å²) in [5.41, 5.74) is 9.10. The third-order valence-corrected chi connectivity index (χ3v) is 5.74. The number of benzene rings is 3. The van der Waals surface area contributed by atoms with Crippen LogP contribution in [0.4, 0.5) is 0 Å². The van der Waals surface area contributed by atoms with E-state index in [9.17, 15) is 9.90 Å². The number of carbonyl (C=O) groups excluding carboxylic acids is 1. The molecule has 0 aliphatic heterocycles. The fourth-order valence-corrected chi connectivity index (χ4v) is 3.95. The van der Waals surface area contributed by atoms with E-state index < -0.39 is 0 Å². The van der Waals surface area contributed by atoms with Gasteiger partial charge in [-0.2, -0.15) is 0 Å². The van der Waals surface area contributed by atoms with Gasteiger partial charge in [-0.15, -0.1) is 10.2 Å². The molecule has 0 saturated carbocycles. The van der Waals surface area contributed by atoms with Crippen LogP contribution in [-0.4, -0.2) is 31.5 Å². The molecule has 0 bridgehead atoms. The van der Waals surface area contributed by atoms with Crippen LogP contribution in [0.25, 0.3) is 22.8 Å². The summed E-state index contributed by atoms with van der Waals surface area (Å²) < 4.78 is 1.95. The number of amides is 1. The van der Waals surface area contributed by atoms with Crippen molar-refractivity contribution in [3.8, 4) is 22.8 Å². The number of para-hydroxylation sites is 1. The van der Waals surface area contributed by atoms with Crippen molar-refractivity contribution >= 4 is 23.4 Å². The van der Waals surface area contributed by atoms with E-state index in [4.69, 9.17) is 0 Å². The average Bonchev–Trinajstić information content (AvgIpc) is 3.29. The highest BCUT2D eigenvalue weighted by Crippen LogP contribution is 2.27. The number of thioether (sulfide) groups is 1. The number of aromatic nitrogens is 3. The number of aromatic hydroxyl groups is 1. The summed E-state index contributed by atoms with van der Waals surface area (Å²) in [7, 11) is 0. The number of hydrogen-bond acceptors (Lipinski definition) is 6. The second-order valence-corrected chi connectivity index (χ2v) is 8.00. The van der Waals surface area contributed by atoms with Crippen molar-refractivity contribution in [1.82, 2.24) is 25.6 Å². The minimum atomic E-state index is -0.206. The fourth-order valence-electron chi connectivity index (χ4n) is 3.20. The van der Waals surface area contributed by atoms with Gasteiger partial charge in [-0.25, -0.2) is 0 Å². The van der Waals surface area contributed by atoms with Crippen LogP contribution in [-0.2, 0) is 4.79 Å². The molecule has 4 rings (SSSR count). The van der Waals surface area contributed by atoms with Crippen LogP contribution in [0.15, 0.2) is 96.2 Å². The van der Waals surface area contributed by atoms with Gasteiger partial charge in [0.1, 0.15) is 5.75 Å². The quantitative estimate of drug-likeness (QED) is 0.268. The van der Waals surface area contributed by atoms with Gasteiger partial charge in [0, 0.05) is 11.3 Å². The van der Waals surface area contributed by atoms with Gasteiger partial charge < -0.3 is 5.11 Å². The van der Waals surface area contributed by atoms with E-state index in [-0.39, 0.29) is 17.4 Å². The molecule has 0 aliphatic rings. The van der Waals surface area contributed by atoms with Crippen molar-refractivity contribution in [2.45, 2.75) is 12.1 Å². The zero-order chi connectivity index (χ0) is 23.0. The first-order chi connectivity index (χ1) is 16.2. The molecule has 4 aromatic rings. The maximum atomic E-state index is 12.5. The molecule has 166 valence electrons. The van der Waals surface area contributed by atoms with Gasteiger partial charge in [0.2, 0.25) is 5.91 Å². The SMILES string of the molecule is C/C=C(/NNC(=O)CSc1nnc(-c2ccccc2)n1-c1ccccc1)c1ccc(O)cc1. The molecule has 3 N–H and O–H groups in total. The number of nitrogens with one attached hydrogen (secondary N) is 2. The minimum Gasteiger partial charge on any atom is -0.508 e. The Bertz CT molecular complexity index is 1240. The minimum absolute atomic E-state index is 0.152. The fraction of sp³-hybridized carbons (Fsp3) is 0.0800. The largest absolute Gasteiger partial charge is 0.508 e. The maximum absolute atomic E-state index is 12.5. The van der Waals surface area contributed by atoms with Crippen molar-refractivity contribution in [2.24, 2.45) is 0 Å². The Morgan fingerprint density at radius 1 is 0.939 bits per heavy atom. The number of phenols is 1. The summed E-state index contributed by atoms with van der Waals surface area (Å²) >= 11 is 1.31. The molecule has 33 heavy (non-hydrogen) atoms. The first kappa shape index (κ1) is 22.2. The number of nitrogens with zero attached hydrogens (tertiary/aromatic N) is 3. The van der Waals surface area contributed by atoms with Gasteiger partial charge in [-0.05, 0) is 48.9 Å². The Hall–Kier alpha value is -4.04. The lowest BCUT2D eigenvalue weighted by Gasteiger charge is -2.13. The topological polar surface area (TPSA) is 92.1 Å². The highest BCUT2D eigenvalue weighted by molar-refractivity contribution is 7.99. The molecule has 0 fully saturated rings. The zero-order valence-electron chi connectivity index (χ0n) is 18.0. The van der Waals surface area contributed by atoms with E-state index >= 15 is 0 Å². The summed E-state index contributed by atoms with van der Waals surface area (Å²) in [6, 6.07) is 26.4. The average molecular weight is 458 g/mol. The molecule has 1 amide bonds. The lowest BCUT2D eigenvalue weighted by Crippen LogP contribution is -2.37. The molecule has 0 atom stereocenters. The van der Waals surface area contributed by atoms with Crippen LogP contribution in [0.2, 0.25) is 0 Å². The number of hydrazine groups is 1. The van der Waals surface area contributed by atoms with Crippen LogP contribution < -0.4 is 10.9 Å². The second-order valence-electron chi connectivity index (χ2n) is 7.05. The number of carbonyl (C=O) groups is 1. The summed E-state index contributed by atoms with van der Waals surface area (Å²) in [6.07, 6.45) is 1.85. The van der Waals surface area contributed by atoms with Gasteiger partial charge in [0.25, 0.3) is 0 Å². The second kappa shape index (κ2) is 10.5. The van der Waals surface area contributed by atoms with E-state index in [2.05, 4.69) is 21.0 Å². The Kier molecular flexibility index (Phi) is 7.06. The van der Waals surface area contributed by atoms with Crippen LogP contribution in [0.1, 0.15) is 12.5 Å². The van der Waals surface area contributed by atoms with Crippen LogP contribution in [0.5, 0.6) is 5.75 Å². The van der Waals surface area contributed by atoms with E-state index in [1.807, 2.05) is 78.2 Å². The normalized spacial score (nSPS) is 11.2. The standard InChI is InChI=1S/C25H23N5O2S/c1-2-22(18-13-15-21(31)16-14-18)26-27-23(32)17-33-25-29-28-24(19-9-5-3-6-10-19)30(25)20-11-7-4-8-12-20/h2-16,26,31H,17H2,1H3,(H,27,32)/b22-2+. The van der Waals surface area contributed by atoms with Gasteiger partial charge in [0.05, 0.1) is 11.4 Å². The van der Waals surface area contributed by atoms with Crippen molar-refractivity contribution in [3.05, 3.63) is 96.6 Å². The zero-order valence-corrected chi connectivity index (χ0v) is 18.8. The summed E-state index contributed by atoms with van der Waals surface area (Å²) in [4.78, 5) is 12.5. The third-order valence-electron chi connectivity index (χ3n) is 4.82. The molecule has 8 heteroatoms. The first-order valence-electron chi connectivity index (χ1n) is 10.4. The van der Waals surface area contributed by atoms with E-state index in [1.165, 1.54) is 11.8 Å². The molecule has 3 aromatic carbocycles. The van der Waals surface area contributed by atoms with E-state index in [0.717, 1.165) is 22.5 Å². The molecule has 0 saturated heterocycles. The lowest BCUT2D eigenvalue weighted by molar-refractivity contribution is -0.119. The lowest BCUT2D eigenvalue weighted by atomic mass is 10.1. The Morgan fingerprint density at radius 3 is 2.27 bits per heavy atom. The van der Waals surface area contributed by atoms with Gasteiger partial charge in [0.15, 0.2) is 11.0 Å². The van der Waals surface area contributed by atoms with Gasteiger partial charge in [-0.3, -0.25) is 20.2 Å². The molecule has 0 unspecified atom stereocenters. The van der Waals surface area contributed by atoms with Crippen LogP contribution in [0.3, 0.4) is 0 Å². The predicted octanol–water partition coefficient (Wildman–Crippen LogP) is 4.41. The van der Waals surface area contributed by atoms with E-state index in [1.54, 1.807) is 24.3 Å². The third kappa shape index (κ3) is 5.42. The number of rotatable bonds is 8. The van der Waals surface area contributed by atoms with Crippen molar-refractivity contribution in [1.29, 1.82) is 0 Å². The molecule has 0 aliphatic carbocycles. The van der Waals surface area contributed by atoms with Crippen molar-refractivity contribution in [2.75, 3.05) is 5.75 Å². The van der Waals surface area contributed by atoms with Gasteiger partial charge >= 0.3 is 0 Å². The van der Waals surface area contributed by atoms with E-state index in [0.29, 0.717) is 11.0 Å². The van der Waals surface area contributed by atoms with Crippen molar-refractivity contribution < 1.29 is 9.90 Å². The Balaban J connectivity index is 1.46. The molecular formula is C25H23N5O2S. The van der Waals surface area contributed by atoms with Crippen LogP contribution >= 0.6 is 11.8 Å². The molecule has 1 heterocycles. The number of allylic oxidation sites excluding steroid dienone is 1. The Morgan fingerprint density at radius 2 is 1.61 bits per heavy atom.